The number of nitrogens with one attached hydrogen (secondary N) is 1. The molecule has 0 saturated carbocycles. The number of aromatic nitrogens is 1. The summed E-state index contributed by atoms with van der Waals surface area (Å²) in [5, 5.41) is 13.2. The van der Waals surface area contributed by atoms with Gasteiger partial charge in [-0.15, -0.1) is 0 Å². The predicted octanol–water partition coefficient (Wildman–Crippen LogP) is 0.885. The number of rotatable bonds is 5. The second-order valence-electron chi connectivity index (χ2n) is 4.71. The summed E-state index contributed by atoms with van der Waals surface area (Å²) >= 11 is 5.62. The lowest BCUT2D eigenvalue weighted by Crippen LogP contribution is -2.42. The van der Waals surface area contributed by atoms with Gasteiger partial charge in [-0.2, -0.15) is 0 Å². The van der Waals surface area contributed by atoms with Gasteiger partial charge in [0.2, 0.25) is 5.91 Å². The third-order valence-corrected chi connectivity index (χ3v) is 2.86. The van der Waals surface area contributed by atoms with Crippen molar-refractivity contribution in [3.8, 4) is 0 Å². The molecule has 0 spiro atoms. The van der Waals surface area contributed by atoms with Gasteiger partial charge in [0.1, 0.15) is 16.9 Å². The third-order valence-electron chi connectivity index (χ3n) is 2.65. The molecule has 3 N–H and O–H groups in total. The van der Waals surface area contributed by atoms with Crippen molar-refractivity contribution in [3.05, 3.63) is 33.1 Å². The van der Waals surface area contributed by atoms with E-state index in [-0.39, 0.29) is 17.3 Å². The minimum atomic E-state index is -0.971. The van der Waals surface area contributed by atoms with E-state index in [1.807, 2.05) is 0 Å². The lowest BCUT2D eigenvalue weighted by molar-refractivity contribution is -0.385. The molecule has 0 aliphatic carbocycles. The van der Waals surface area contributed by atoms with E-state index in [4.69, 9.17) is 17.3 Å². The van der Waals surface area contributed by atoms with Crippen LogP contribution in [0.5, 0.6) is 0 Å². The highest BCUT2D eigenvalue weighted by atomic mass is 35.5. The Labute approximate surface area is 119 Å². The zero-order valence-electron chi connectivity index (χ0n) is 10.8. The number of primary amides is 1. The molecule has 1 aromatic rings. The number of carbonyl (C=O) groups is 2. The number of amides is 2. The van der Waals surface area contributed by atoms with Gasteiger partial charge < -0.3 is 11.1 Å². The maximum atomic E-state index is 11.9. The molecule has 9 heteroatoms. The van der Waals surface area contributed by atoms with Gasteiger partial charge in [-0.05, 0) is 19.9 Å². The average molecular weight is 301 g/mol. The zero-order valence-corrected chi connectivity index (χ0v) is 11.6. The molecular weight excluding hydrogens is 288 g/mol. The van der Waals surface area contributed by atoms with Crippen LogP contribution in [-0.2, 0) is 4.79 Å². The molecule has 2 amide bonds. The first kappa shape index (κ1) is 15.8. The fourth-order valence-corrected chi connectivity index (χ4v) is 1.39. The van der Waals surface area contributed by atoms with Crippen LogP contribution >= 0.6 is 11.6 Å². The molecule has 0 unspecified atom stereocenters. The number of pyridine rings is 1. The molecule has 0 fully saturated rings. The van der Waals surface area contributed by atoms with Crippen LogP contribution in [0.2, 0.25) is 5.15 Å². The van der Waals surface area contributed by atoms with Gasteiger partial charge in [0.15, 0.2) is 0 Å². The Morgan fingerprint density at radius 2 is 2.15 bits per heavy atom. The Kier molecular flexibility index (Phi) is 4.61. The summed E-state index contributed by atoms with van der Waals surface area (Å²) in [5.74, 6) is -1.32. The summed E-state index contributed by atoms with van der Waals surface area (Å²) in [6, 6.07) is 1.09. The van der Waals surface area contributed by atoms with E-state index in [0.29, 0.717) is 0 Å². The van der Waals surface area contributed by atoms with Crippen LogP contribution in [0.15, 0.2) is 12.3 Å². The molecule has 20 heavy (non-hydrogen) atoms. The van der Waals surface area contributed by atoms with E-state index in [1.54, 1.807) is 13.8 Å². The maximum Gasteiger partial charge on any atom is 0.300 e. The Bertz CT molecular complexity index is 574. The van der Waals surface area contributed by atoms with E-state index in [1.165, 1.54) is 0 Å². The van der Waals surface area contributed by atoms with E-state index in [2.05, 4.69) is 10.3 Å². The summed E-state index contributed by atoms with van der Waals surface area (Å²) < 4.78 is 0. The first-order chi connectivity index (χ1) is 9.15. The van der Waals surface area contributed by atoms with E-state index < -0.39 is 27.8 Å². The molecule has 0 saturated heterocycles. The number of carbonyl (C=O) groups excluding carboxylic acids is 2. The van der Waals surface area contributed by atoms with Gasteiger partial charge in [-0.1, -0.05) is 11.6 Å². The van der Waals surface area contributed by atoms with E-state index >= 15 is 0 Å². The van der Waals surface area contributed by atoms with Crippen LogP contribution in [0.4, 0.5) is 5.69 Å². The van der Waals surface area contributed by atoms with Crippen molar-refractivity contribution >= 4 is 29.1 Å². The molecule has 8 nitrogen and oxygen atoms in total. The smallest absolute Gasteiger partial charge is 0.300 e. The van der Waals surface area contributed by atoms with Crippen molar-refractivity contribution < 1.29 is 14.5 Å². The summed E-state index contributed by atoms with van der Waals surface area (Å²) in [6.45, 7) is 3.03. The monoisotopic (exact) mass is 300 g/mol. The topological polar surface area (TPSA) is 128 Å². The lowest BCUT2D eigenvalue weighted by atomic mass is 9.92. The van der Waals surface area contributed by atoms with Crippen molar-refractivity contribution in [2.24, 2.45) is 11.1 Å². The Hall–Kier alpha value is -2.22. The largest absolute Gasteiger partial charge is 0.369 e. The molecule has 0 aromatic carbocycles. The number of halogens is 1. The normalized spacial score (nSPS) is 10.9. The van der Waals surface area contributed by atoms with Gasteiger partial charge in [0.25, 0.3) is 11.6 Å². The second-order valence-corrected chi connectivity index (χ2v) is 5.10. The molecule has 0 bridgehead atoms. The van der Waals surface area contributed by atoms with Gasteiger partial charge >= 0.3 is 0 Å². The molecule has 0 atom stereocenters. The fraction of sp³-hybridized carbons (Fsp3) is 0.364. The molecule has 1 rings (SSSR count). The molecule has 1 aromatic heterocycles. The quantitative estimate of drug-likeness (QED) is 0.474. The van der Waals surface area contributed by atoms with Gasteiger partial charge in [0, 0.05) is 6.54 Å². The first-order valence-electron chi connectivity index (χ1n) is 5.53. The fourth-order valence-electron chi connectivity index (χ4n) is 1.23. The molecule has 0 aliphatic heterocycles. The number of nitro groups is 1. The minimum Gasteiger partial charge on any atom is -0.369 e. The molecule has 0 aliphatic rings. The van der Waals surface area contributed by atoms with Crippen molar-refractivity contribution in [2.75, 3.05) is 6.54 Å². The SMILES string of the molecule is CC(C)(CNC(=O)c1cc(Cl)ncc1[N+](=O)[O-])C(N)=O. The van der Waals surface area contributed by atoms with E-state index in [9.17, 15) is 19.7 Å². The molecule has 1 heterocycles. The molecule has 108 valence electrons. The minimum absolute atomic E-state index is 0.0464. The number of hydrogen-bond donors (Lipinski definition) is 2. The van der Waals surface area contributed by atoms with Gasteiger partial charge in [-0.3, -0.25) is 19.7 Å². The Morgan fingerprint density at radius 3 is 2.65 bits per heavy atom. The van der Waals surface area contributed by atoms with Crippen LogP contribution in [0.1, 0.15) is 24.2 Å². The van der Waals surface area contributed by atoms with E-state index in [0.717, 1.165) is 12.3 Å². The first-order valence-corrected chi connectivity index (χ1v) is 5.91. The number of nitrogens with zero attached hydrogens (tertiary/aromatic N) is 2. The van der Waals surface area contributed by atoms with Crippen LogP contribution in [0, 0.1) is 15.5 Å². The lowest BCUT2D eigenvalue weighted by Gasteiger charge is -2.20. The highest BCUT2D eigenvalue weighted by molar-refractivity contribution is 6.29. The van der Waals surface area contributed by atoms with Crippen molar-refractivity contribution in [1.29, 1.82) is 0 Å². The van der Waals surface area contributed by atoms with Crippen molar-refractivity contribution in [1.82, 2.24) is 10.3 Å². The van der Waals surface area contributed by atoms with Crippen LogP contribution in [0.25, 0.3) is 0 Å². The second kappa shape index (κ2) is 5.83. The Morgan fingerprint density at radius 1 is 1.55 bits per heavy atom. The summed E-state index contributed by atoms with van der Waals surface area (Å²) in [6.07, 6.45) is 0.899. The standard InChI is InChI=1S/C11H13ClN4O4/c1-11(2,10(13)18)5-15-9(17)6-3-8(12)14-4-7(6)16(19)20/h3-4H,5H2,1-2H3,(H2,13,18)(H,15,17). The summed E-state index contributed by atoms with van der Waals surface area (Å²) in [5.41, 5.74) is 3.50. The molecule has 0 radical (unpaired) electrons. The predicted molar refractivity (Wildman–Crippen MR) is 71.2 cm³/mol. The average Bonchev–Trinajstić information content (AvgIpc) is 2.35. The van der Waals surface area contributed by atoms with Crippen LogP contribution in [-0.4, -0.2) is 28.3 Å². The summed E-state index contributed by atoms with van der Waals surface area (Å²) in [4.78, 5) is 36.7. The van der Waals surface area contributed by atoms with Crippen LogP contribution in [0.3, 0.4) is 0 Å². The van der Waals surface area contributed by atoms with Crippen LogP contribution < -0.4 is 11.1 Å². The molecular formula is C11H13ClN4O4. The van der Waals surface area contributed by atoms with Gasteiger partial charge in [-0.25, -0.2) is 4.98 Å². The van der Waals surface area contributed by atoms with Crippen molar-refractivity contribution in [3.63, 3.8) is 0 Å². The van der Waals surface area contributed by atoms with Crippen molar-refractivity contribution in [2.45, 2.75) is 13.8 Å². The highest BCUT2D eigenvalue weighted by Gasteiger charge is 2.27. The Balaban J connectivity index is 2.96. The zero-order chi connectivity index (χ0) is 15.5. The highest BCUT2D eigenvalue weighted by Crippen LogP contribution is 2.20. The van der Waals surface area contributed by atoms with Gasteiger partial charge in [0.05, 0.1) is 10.3 Å². The number of hydrogen-bond acceptors (Lipinski definition) is 5. The third kappa shape index (κ3) is 3.64. The summed E-state index contributed by atoms with van der Waals surface area (Å²) in [7, 11) is 0. The maximum absolute atomic E-state index is 11.9. The number of nitrogens with two attached hydrogens (primary N) is 1.